The van der Waals surface area contributed by atoms with Crippen LogP contribution in [0.15, 0.2) is 30.3 Å². The van der Waals surface area contributed by atoms with Crippen LogP contribution < -0.4 is 5.32 Å². The molecule has 5 heteroatoms. The van der Waals surface area contributed by atoms with E-state index < -0.39 is 0 Å². The number of nitrogens with zero attached hydrogens (tertiary/aromatic N) is 1. The summed E-state index contributed by atoms with van der Waals surface area (Å²) in [6.45, 7) is 1.06. The number of aromatic amines is 1. The molecule has 0 bridgehead atoms. The van der Waals surface area contributed by atoms with Crippen LogP contribution in [-0.2, 0) is 16.1 Å². The maximum absolute atomic E-state index is 12.4. The third-order valence-corrected chi connectivity index (χ3v) is 5.33. The summed E-state index contributed by atoms with van der Waals surface area (Å²) in [4.78, 5) is 29.9. The summed E-state index contributed by atoms with van der Waals surface area (Å²) in [5.41, 5.74) is 2.06. The molecule has 0 unspecified atom stereocenters. The molecule has 2 fully saturated rings. The van der Waals surface area contributed by atoms with Crippen LogP contribution in [0.25, 0.3) is 10.9 Å². The second-order valence-electron chi connectivity index (χ2n) is 6.99. The quantitative estimate of drug-likeness (QED) is 0.907. The third kappa shape index (κ3) is 2.90. The van der Waals surface area contributed by atoms with Gasteiger partial charge in [0.2, 0.25) is 11.8 Å². The van der Waals surface area contributed by atoms with Crippen molar-refractivity contribution in [1.82, 2.24) is 15.2 Å². The van der Waals surface area contributed by atoms with Gasteiger partial charge >= 0.3 is 0 Å². The number of hydrogen-bond donors (Lipinski definition) is 2. The maximum atomic E-state index is 12.4. The standard InChI is InChI=1S/C19H23N3O2/c23-18-10-14(12-22(18)16-6-2-3-7-16)19(24)20-11-15-9-13-5-1-4-8-17(13)21-15/h1,4-5,8-9,14,16,21H,2-3,6-7,10-12H2,(H,20,24)/t14-/m1/s1. The van der Waals surface area contributed by atoms with Crippen molar-refractivity contribution >= 4 is 22.7 Å². The van der Waals surface area contributed by atoms with E-state index in [0.29, 0.717) is 25.6 Å². The highest BCUT2D eigenvalue weighted by Gasteiger charge is 2.38. The smallest absolute Gasteiger partial charge is 0.225 e. The third-order valence-electron chi connectivity index (χ3n) is 5.33. The second-order valence-corrected chi connectivity index (χ2v) is 6.99. The van der Waals surface area contributed by atoms with Crippen molar-refractivity contribution in [3.8, 4) is 0 Å². The molecule has 4 rings (SSSR count). The molecule has 0 radical (unpaired) electrons. The number of para-hydroxylation sites is 1. The van der Waals surface area contributed by atoms with E-state index >= 15 is 0 Å². The number of amides is 2. The van der Waals surface area contributed by atoms with Crippen molar-refractivity contribution in [2.45, 2.75) is 44.7 Å². The minimum absolute atomic E-state index is 0.0116. The molecule has 2 amide bonds. The fraction of sp³-hybridized carbons (Fsp3) is 0.474. The van der Waals surface area contributed by atoms with Crippen molar-refractivity contribution in [1.29, 1.82) is 0 Å². The van der Waals surface area contributed by atoms with Gasteiger partial charge in [-0.15, -0.1) is 0 Å². The summed E-state index contributed by atoms with van der Waals surface area (Å²) in [5.74, 6) is -0.0716. The van der Waals surface area contributed by atoms with E-state index in [0.717, 1.165) is 29.4 Å². The van der Waals surface area contributed by atoms with Crippen LogP contribution in [0, 0.1) is 5.92 Å². The minimum atomic E-state index is -0.206. The van der Waals surface area contributed by atoms with E-state index in [9.17, 15) is 9.59 Å². The molecule has 1 saturated carbocycles. The summed E-state index contributed by atoms with van der Waals surface area (Å²) in [6.07, 6.45) is 4.94. The van der Waals surface area contributed by atoms with Crippen LogP contribution in [0.4, 0.5) is 0 Å². The van der Waals surface area contributed by atoms with E-state index in [2.05, 4.69) is 16.4 Å². The van der Waals surface area contributed by atoms with Crippen molar-refractivity contribution in [2.24, 2.45) is 5.92 Å². The Kier molecular flexibility index (Phi) is 4.00. The molecule has 2 N–H and O–H groups in total. The lowest BCUT2D eigenvalue weighted by molar-refractivity contribution is -0.130. The van der Waals surface area contributed by atoms with Gasteiger partial charge in [-0.05, 0) is 30.4 Å². The molecule has 1 aromatic carbocycles. The van der Waals surface area contributed by atoms with Gasteiger partial charge in [0.25, 0.3) is 0 Å². The monoisotopic (exact) mass is 325 g/mol. The molecule has 1 aliphatic heterocycles. The topological polar surface area (TPSA) is 65.2 Å². The lowest BCUT2D eigenvalue weighted by Crippen LogP contribution is -2.36. The van der Waals surface area contributed by atoms with E-state index in [1.54, 1.807) is 0 Å². The first kappa shape index (κ1) is 15.2. The maximum Gasteiger partial charge on any atom is 0.225 e. The zero-order chi connectivity index (χ0) is 16.5. The Morgan fingerprint density at radius 2 is 2.04 bits per heavy atom. The zero-order valence-corrected chi connectivity index (χ0v) is 13.8. The summed E-state index contributed by atoms with van der Waals surface area (Å²) >= 11 is 0. The molecular weight excluding hydrogens is 302 g/mol. The fourth-order valence-corrected chi connectivity index (χ4v) is 4.03. The van der Waals surface area contributed by atoms with Crippen molar-refractivity contribution in [3.63, 3.8) is 0 Å². The predicted molar refractivity (Wildman–Crippen MR) is 92.2 cm³/mol. The highest BCUT2D eigenvalue weighted by Crippen LogP contribution is 2.29. The first-order valence-corrected chi connectivity index (χ1v) is 8.84. The van der Waals surface area contributed by atoms with E-state index in [4.69, 9.17) is 0 Å². The number of carbonyl (C=O) groups is 2. The van der Waals surface area contributed by atoms with Crippen molar-refractivity contribution in [3.05, 3.63) is 36.0 Å². The first-order chi connectivity index (χ1) is 11.7. The van der Waals surface area contributed by atoms with Crippen molar-refractivity contribution in [2.75, 3.05) is 6.54 Å². The van der Waals surface area contributed by atoms with Gasteiger partial charge in [0.15, 0.2) is 0 Å². The van der Waals surface area contributed by atoms with Crippen molar-refractivity contribution < 1.29 is 9.59 Å². The van der Waals surface area contributed by atoms with Crippen LogP contribution in [0.3, 0.4) is 0 Å². The highest BCUT2D eigenvalue weighted by molar-refractivity contribution is 5.89. The van der Waals surface area contributed by atoms with E-state index in [1.807, 2.05) is 29.2 Å². The predicted octanol–water partition coefficient (Wildman–Crippen LogP) is 2.58. The number of nitrogens with one attached hydrogen (secondary N) is 2. The Morgan fingerprint density at radius 3 is 2.83 bits per heavy atom. The normalized spacial score (nSPS) is 21.8. The molecular formula is C19H23N3O2. The molecule has 24 heavy (non-hydrogen) atoms. The van der Waals surface area contributed by atoms with Crippen LogP contribution in [0.5, 0.6) is 0 Å². The average Bonchev–Trinajstić information content (AvgIpc) is 3.30. The largest absolute Gasteiger partial charge is 0.357 e. The molecule has 1 aromatic heterocycles. The summed E-state index contributed by atoms with van der Waals surface area (Å²) in [5, 5.41) is 4.13. The number of H-pyrrole nitrogens is 1. The van der Waals surface area contributed by atoms with Crippen LogP contribution in [-0.4, -0.2) is 34.3 Å². The second kappa shape index (κ2) is 6.30. The highest BCUT2D eigenvalue weighted by atomic mass is 16.2. The molecule has 2 aromatic rings. The molecule has 1 aliphatic carbocycles. The summed E-state index contributed by atoms with van der Waals surface area (Å²) < 4.78 is 0. The van der Waals surface area contributed by atoms with Gasteiger partial charge in [-0.1, -0.05) is 31.0 Å². The Labute approximate surface area is 141 Å². The molecule has 1 saturated heterocycles. The fourth-order valence-electron chi connectivity index (χ4n) is 4.03. The molecule has 2 aliphatic rings. The number of carbonyl (C=O) groups excluding carboxylic acids is 2. The molecule has 126 valence electrons. The SMILES string of the molecule is O=C(NCc1cc2ccccc2[nH]1)[C@@H]1CC(=O)N(C2CCCC2)C1. The van der Waals surface area contributed by atoms with Gasteiger partial charge in [-0.25, -0.2) is 0 Å². The number of likely N-dealkylation sites (tertiary alicyclic amines) is 1. The number of hydrogen-bond acceptors (Lipinski definition) is 2. The number of aromatic nitrogens is 1. The van der Waals surface area contributed by atoms with Gasteiger partial charge in [0.05, 0.1) is 12.5 Å². The number of rotatable bonds is 4. The Bertz CT molecular complexity index is 728. The summed E-state index contributed by atoms with van der Waals surface area (Å²) in [7, 11) is 0. The lowest BCUT2D eigenvalue weighted by atomic mass is 10.1. The van der Waals surface area contributed by atoms with E-state index in [1.165, 1.54) is 12.8 Å². The Hall–Kier alpha value is -2.30. The molecule has 2 heterocycles. The molecule has 5 nitrogen and oxygen atoms in total. The Morgan fingerprint density at radius 1 is 1.25 bits per heavy atom. The Balaban J connectivity index is 1.35. The lowest BCUT2D eigenvalue weighted by Gasteiger charge is -2.23. The number of fused-ring (bicyclic) bond motifs is 1. The van der Waals surface area contributed by atoms with Gasteiger partial charge in [0, 0.05) is 30.2 Å². The summed E-state index contributed by atoms with van der Waals surface area (Å²) in [6, 6.07) is 10.5. The first-order valence-electron chi connectivity index (χ1n) is 8.84. The van der Waals surface area contributed by atoms with Gasteiger partial charge in [-0.3, -0.25) is 9.59 Å². The average molecular weight is 325 g/mol. The zero-order valence-electron chi connectivity index (χ0n) is 13.8. The van der Waals surface area contributed by atoms with Gasteiger partial charge in [-0.2, -0.15) is 0 Å². The van der Waals surface area contributed by atoms with Crippen LogP contribution >= 0.6 is 0 Å². The minimum Gasteiger partial charge on any atom is -0.357 e. The van der Waals surface area contributed by atoms with Gasteiger partial charge in [0.1, 0.15) is 0 Å². The van der Waals surface area contributed by atoms with Crippen LogP contribution in [0.2, 0.25) is 0 Å². The molecule has 0 spiro atoms. The van der Waals surface area contributed by atoms with E-state index in [-0.39, 0.29) is 17.7 Å². The van der Waals surface area contributed by atoms with Crippen LogP contribution in [0.1, 0.15) is 37.8 Å². The van der Waals surface area contributed by atoms with Gasteiger partial charge < -0.3 is 15.2 Å². The molecule has 1 atom stereocenters. The number of benzene rings is 1.